The number of hydrogen-bond donors (Lipinski definition) is 0. The molecule has 0 N–H and O–H groups in total. The van der Waals surface area contributed by atoms with E-state index in [4.69, 9.17) is 16.9 Å². The monoisotopic (exact) mass is 306 g/mol. The van der Waals surface area contributed by atoms with Crippen molar-refractivity contribution in [2.45, 2.75) is 4.90 Å². The summed E-state index contributed by atoms with van der Waals surface area (Å²) in [6, 6.07) is 14.4. The van der Waals surface area contributed by atoms with Crippen LogP contribution in [0, 0.1) is 11.3 Å². The van der Waals surface area contributed by atoms with E-state index < -0.39 is 10.0 Å². The maximum Gasteiger partial charge on any atom is 0.264 e. The van der Waals surface area contributed by atoms with Crippen LogP contribution < -0.4 is 4.31 Å². The van der Waals surface area contributed by atoms with Crippen molar-refractivity contribution in [3.05, 3.63) is 59.1 Å². The lowest BCUT2D eigenvalue weighted by atomic mass is 10.2. The van der Waals surface area contributed by atoms with Gasteiger partial charge in [-0.2, -0.15) is 5.26 Å². The summed E-state index contributed by atoms with van der Waals surface area (Å²) in [6.45, 7) is 0. The van der Waals surface area contributed by atoms with Gasteiger partial charge in [-0.1, -0.05) is 17.7 Å². The summed E-state index contributed by atoms with van der Waals surface area (Å²) in [5.74, 6) is 0. The Morgan fingerprint density at radius 1 is 1.15 bits per heavy atom. The van der Waals surface area contributed by atoms with E-state index in [0.717, 1.165) is 4.31 Å². The summed E-state index contributed by atoms with van der Waals surface area (Å²) in [7, 11) is -2.21. The third kappa shape index (κ3) is 2.77. The van der Waals surface area contributed by atoms with Gasteiger partial charge in [0, 0.05) is 12.1 Å². The zero-order valence-corrected chi connectivity index (χ0v) is 12.2. The van der Waals surface area contributed by atoms with Crippen LogP contribution in [0.2, 0.25) is 5.02 Å². The second-order valence-electron chi connectivity index (χ2n) is 4.09. The minimum atomic E-state index is -3.67. The molecule has 0 aliphatic carbocycles. The first kappa shape index (κ1) is 14.4. The first-order valence-corrected chi connectivity index (χ1v) is 7.51. The van der Waals surface area contributed by atoms with E-state index in [1.807, 2.05) is 6.07 Å². The lowest BCUT2D eigenvalue weighted by molar-refractivity contribution is 0.594. The molecule has 0 fully saturated rings. The van der Waals surface area contributed by atoms with Crippen LogP contribution >= 0.6 is 11.6 Å². The van der Waals surface area contributed by atoms with Crippen molar-refractivity contribution in [1.29, 1.82) is 5.26 Å². The second-order valence-corrected chi connectivity index (χ2v) is 6.49. The van der Waals surface area contributed by atoms with Crippen molar-refractivity contribution >= 4 is 27.3 Å². The predicted octanol–water partition coefficient (Wildman–Crippen LogP) is 3.04. The Kier molecular flexibility index (Phi) is 3.98. The SMILES string of the molecule is CN(c1ccc(C#N)cc1)S(=O)(=O)c1cccc(Cl)c1. The van der Waals surface area contributed by atoms with Crippen LogP contribution in [0.3, 0.4) is 0 Å². The van der Waals surface area contributed by atoms with Gasteiger partial charge in [0.15, 0.2) is 0 Å². The van der Waals surface area contributed by atoms with Crippen LogP contribution in [0.5, 0.6) is 0 Å². The van der Waals surface area contributed by atoms with E-state index in [-0.39, 0.29) is 4.90 Å². The van der Waals surface area contributed by atoms with Gasteiger partial charge in [0.1, 0.15) is 0 Å². The Hall–Kier alpha value is -2.03. The molecule has 0 saturated heterocycles. The molecule has 0 bridgehead atoms. The maximum absolute atomic E-state index is 12.4. The summed E-state index contributed by atoms with van der Waals surface area (Å²) in [5, 5.41) is 9.10. The number of nitriles is 1. The Labute approximate surface area is 122 Å². The largest absolute Gasteiger partial charge is 0.269 e. The van der Waals surface area contributed by atoms with Crippen molar-refractivity contribution in [2.24, 2.45) is 0 Å². The van der Waals surface area contributed by atoms with Crippen molar-refractivity contribution in [3.8, 4) is 6.07 Å². The number of anilines is 1. The molecule has 0 aromatic heterocycles. The topological polar surface area (TPSA) is 61.2 Å². The number of nitrogens with zero attached hydrogens (tertiary/aromatic N) is 2. The molecule has 6 heteroatoms. The fraction of sp³-hybridized carbons (Fsp3) is 0.0714. The number of hydrogen-bond acceptors (Lipinski definition) is 3. The minimum absolute atomic E-state index is 0.122. The van der Waals surface area contributed by atoms with E-state index in [2.05, 4.69) is 0 Å². The van der Waals surface area contributed by atoms with Crippen molar-refractivity contribution in [2.75, 3.05) is 11.4 Å². The first-order chi connectivity index (χ1) is 9.45. The van der Waals surface area contributed by atoms with Crippen LogP contribution in [-0.2, 0) is 10.0 Å². The summed E-state index contributed by atoms with van der Waals surface area (Å²) >= 11 is 5.82. The zero-order valence-electron chi connectivity index (χ0n) is 10.6. The average molecular weight is 307 g/mol. The lowest BCUT2D eigenvalue weighted by Crippen LogP contribution is -2.26. The van der Waals surface area contributed by atoms with E-state index in [9.17, 15) is 8.42 Å². The van der Waals surface area contributed by atoms with E-state index >= 15 is 0 Å². The molecule has 0 unspecified atom stereocenters. The van der Waals surface area contributed by atoms with Gasteiger partial charge in [0.2, 0.25) is 0 Å². The molecular formula is C14H11ClN2O2S. The highest BCUT2D eigenvalue weighted by molar-refractivity contribution is 7.92. The van der Waals surface area contributed by atoms with Gasteiger partial charge in [-0.25, -0.2) is 8.42 Å². The number of halogens is 1. The lowest BCUT2D eigenvalue weighted by Gasteiger charge is -2.19. The first-order valence-electron chi connectivity index (χ1n) is 5.70. The third-order valence-electron chi connectivity index (χ3n) is 2.81. The van der Waals surface area contributed by atoms with Gasteiger partial charge < -0.3 is 0 Å². The molecule has 0 spiro atoms. The Morgan fingerprint density at radius 3 is 2.35 bits per heavy atom. The molecule has 2 aromatic rings. The Balaban J connectivity index is 2.40. The van der Waals surface area contributed by atoms with E-state index in [1.54, 1.807) is 36.4 Å². The highest BCUT2D eigenvalue weighted by Gasteiger charge is 2.21. The van der Waals surface area contributed by atoms with E-state index in [1.165, 1.54) is 19.2 Å². The molecule has 2 aromatic carbocycles. The summed E-state index contributed by atoms with van der Waals surface area (Å²) in [4.78, 5) is 0.122. The molecule has 0 saturated carbocycles. The number of benzene rings is 2. The van der Waals surface area contributed by atoms with Gasteiger partial charge in [-0.05, 0) is 42.5 Å². The molecule has 0 heterocycles. The Bertz CT molecular complexity index is 765. The molecule has 0 aliphatic heterocycles. The zero-order chi connectivity index (χ0) is 14.8. The van der Waals surface area contributed by atoms with E-state index in [0.29, 0.717) is 16.3 Å². The quantitative estimate of drug-likeness (QED) is 0.875. The average Bonchev–Trinajstić information content (AvgIpc) is 2.46. The number of rotatable bonds is 3. The van der Waals surface area contributed by atoms with Gasteiger partial charge in [-0.3, -0.25) is 4.31 Å². The molecule has 2 rings (SSSR count). The standard InChI is InChI=1S/C14H11ClN2O2S/c1-17(13-7-5-11(10-16)6-8-13)20(18,19)14-4-2-3-12(15)9-14/h2-9H,1H3. The molecule has 0 aliphatic rings. The maximum atomic E-state index is 12.4. The van der Waals surface area contributed by atoms with Crippen LogP contribution in [0.1, 0.15) is 5.56 Å². The number of sulfonamides is 1. The third-order valence-corrected chi connectivity index (χ3v) is 4.83. The van der Waals surface area contributed by atoms with Crippen LogP contribution in [-0.4, -0.2) is 15.5 Å². The van der Waals surface area contributed by atoms with Crippen LogP contribution in [0.4, 0.5) is 5.69 Å². The summed E-state index contributed by atoms with van der Waals surface area (Å²) < 4.78 is 26.0. The highest BCUT2D eigenvalue weighted by atomic mass is 35.5. The molecule has 0 amide bonds. The molecule has 102 valence electrons. The van der Waals surface area contributed by atoms with Crippen LogP contribution in [0.25, 0.3) is 0 Å². The van der Waals surface area contributed by atoms with Gasteiger partial charge in [0.05, 0.1) is 22.2 Å². The fourth-order valence-corrected chi connectivity index (χ4v) is 3.17. The molecule has 0 atom stereocenters. The smallest absolute Gasteiger partial charge is 0.264 e. The minimum Gasteiger partial charge on any atom is -0.269 e. The van der Waals surface area contributed by atoms with Gasteiger partial charge in [-0.15, -0.1) is 0 Å². The molecule has 0 radical (unpaired) electrons. The predicted molar refractivity (Wildman–Crippen MR) is 78.2 cm³/mol. The Morgan fingerprint density at radius 2 is 1.80 bits per heavy atom. The summed E-state index contributed by atoms with van der Waals surface area (Å²) in [6.07, 6.45) is 0. The molecular weight excluding hydrogens is 296 g/mol. The molecule has 20 heavy (non-hydrogen) atoms. The van der Waals surface area contributed by atoms with Gasteiger partial charge in [0.25, 0.3) is 10.0 Å². The van der Waals surface area contributed by atoms with Crippen molar-refractivity contribution in [1.82, 2.24) is 0 Å². The normalized spacial score (nSPS) is 10.8. The van der Waals surface area contributed by atoms with Gasteiger partial charge >= 0.3 is 0 Å². The molecule has 4 nitrogen and oxygen atoms in total. The van der Waals surface area contributed by atoms with Crippen molar-refractivity contribution < 1.29 is 8.42 Å². The van der Waals surface area contributed by atoms with Crippen LogP contribution in [0.15, 0.2) is 53.4 Å². The summed E-state index contributed by atoms with van der Waals surface area (Å²) in [5.41, 5.74) is 0.950. The second kappa shape index (κ2) is 5.53. The van der Waals surface area contributed by atoms with Crippen molar-refractivity contribution in [3.63, 3.8) is 0 Å². The highest BCUT2D eigenvalue weighted by Crippen LogP contribution is 2.24. The fourth-order valence-electron chi connectivity index (χ4n) is 1.67.